The second kappa shape index (κ2) is 5.70. The number of ether oxygens (including phenoxy) is 1. The molecule has 3 nitrogen and oxygen atoms in total. The molecule has 0 unspecified atom stereocenters. The van der Waals surface area contributed by atoms with Crippen LogP contribution in [0, 0.1) is 0 Å². The van der Waals surface area contributed by atoms with Gasteiger partial charge in [0.2, 0.25) is 0 Å². The van der Waals surface area contributed by atoms with Gasteiger partial charge >= 0.3 is 0 Å². The average molecular weight is 227 g/mol. The van der Waals surface area contributed by atoms with Crippen LogP contribution in [0.2, 0.25) is 0 Å². The van der Waals surface area contributed by atoms with Crippen LogP contribution >= 0.6 is 0 Å². The van der Waals surface area contributed by atoms with Gasteiger partial charge in [-0.3, -0.25) is 0 Å². The summed E-state index contributed by atoms with van der Waals surface area (Å²) in [7, 11) is 0. The molecule has 0 saturated carbocycles. The van der Waals surface area contributed by atoms with Gasteiger partial charge in [0.1, 0.15) is 6.61 Å². The Hall–Kier alpha value is -2.29. The van der Waals surface area contributed by atoms with Gasteiger partial charge in [0.05, 0.1) is 0 Å². The molecular weight excluding hydrogens is 214 g/mol. The lowest BCUT2D eigenvalue weighted by Gasteiger charge is -2.07. The van der Waals surface area contributed by atoms with Gasteiger partial charge in [0.25, 0.3) is 5.90 Å². The highest BCUT2D eigenvalue weighted by atomic mass is 16.5. The highest BCUT2D eigenvalue weighted by molar-refractivity contribution is 5.93. The largest absolute Gasteiger partial charge is 0.470 e. The molecule has 0 amide bonds. The van der Waals surface area contributed by atoms with Crippen molar-refractivity contribution in [1.29, 1.82) is 0 Å². The minimum Gasteiger partial charge on any atom is -0.470 e. The third-order valence-corrected chi connectivity index (χ3v) is 2.33. The van der Waals surface area contributed by atoms with Crippen molar-refractivity contribution in [2.75, 3.05) is 0 Å². The Kier molecular flexibility index (Phi) is 3.76. The number of hydrogen-bond donors (Lipinski definition) is 1. The summed E-state index contributed by atoms with van der Waals surface area (Å²) in [6.07, 6.45) is 0. The third-order valence-electron chi connectivity index (χ3n) is 2.33. The Labute approximate surface area is 100.0 Å². The maximum absolute atomic E-state index is 8.92. The van der Waals surface area contributed by atoms with Crippen molar-refractivity contribution in [3.63, 3.8) is 0 Å². The first-order chi connectivity index (χ1) is 8.40. The second-order valence-corrected chi connectivity index (χ2v) is 3.55. The Morgan fingerprint density at radius 1 is 0.941 bits per heavy atom. The van der Waals surface area contributed by atoms with E-state index in [4.69, 9.17) is 9.94 Å². The minimum absolute atomic E-state index is 0.231. The molecule has 0 aliphatic heterocycles. The van der Waals surface area contributed by atoms with Gasteiger partial charge in [-0.1, -0.05) is 48.5 Å². The van der Waals surface area contributed by atoms with Gasteiger partial charge in [0.15, 0.2) is 0 Å². The zero-order chi connectivity index (χ0) is 11.9. The minimum atomic E-state index is 0.231. The van der Waals surface area contributed by atoms with Crippen molar-refractivity contribution in [1.82, 2.24) is 0 Å². The fraction of sp³-hybridized carbons (Fsp3) is 0.0714. The first kappa shape index (κ1) is 11.2. The molecule has 0 fully saturated rings. The SMILES string of the molecule is ON=C(OCc1ccccc1)c1ccccc1. The van der Waals surface area contributed by atoms with Crippen molar-refractivity contribution in [3.8, 4) is 0 Å². The second-order valence-electron chi connectivity index (χ2n) is 3.55. The third kappa shape index (κ3) is 3.08. The summed E-state index contributed by atoms with van der Waals surface area (Å²) < 4.78 is 5.46. The number of oxime groups is 1. The first-order valence-electron chi connectivity index (χ1n) is 5.34. The summed E-state index contributed by atoms with van der Waals surface area (Å²) in [5, 5.41) is 12.1. The zero-order valence-electron chi connectivity index (χ0n) is 9.28. The van der Waals surface area contributed by atoms with Gasteiger partial charge in [-0.05, 0) is 22.9 Å². The number of nitrogens with zero attached hydrogens (tertiary/aromatic N) is 1. The van der Waals surface area contributed by atoms with Gasteiger partial charge in [-0.15, -0.1) is 0 Å². The molecule has 2 aromatic carbocycles. The Morgan fingerprint density at radius 3 is 2.12 bits per heavy atom. The van der Waals surface area contributed by atoms with Crippen LogP contribution in [0.3, 0.4) is 0 Å². The monoisotopic (exact) mass is 227 g/mol. The highest BCUT2D eigenvalue weighted by Gasteiger charge is 2.04. The van der Waals surface area contributed by atoms with E-state index in [9.17, 15) is 0 Å². The number of hydrogen-bond acceptors (Lipinski definition) is 3. The number of benzene rings is 2. The quantitative estimate of drug-likeness (QED) is 0.379. The molecule has 1 N–H and O–H groups in total. The summed E-state index contributed by atoms with van der Waals surface area (Å²) in [6, 6.07) is 19.0. The molecule has 86 valence electrons. The summed E-state index contributed by atoms with van der Waals surface area (Å²) in [5.74, 6) is 0.231. The molecular formula is C14H13NO2. The van der Waals surface area contributed by atoms with E-state index in [-0.39, 0.29) is 5.90 Å². The van der Waals surface area contributed by atoms with Gasteiger partial charge in [0, 0.05) is 5.56 Å². The standard InChI is InChI=1S/C14H13NO2/c16-15-14(13-9-5-2-6-10-13)17-11-12-7-3-1-4-8-12/h1-10,16H,11H2. The Bertz CT molecular complexity index is 480. The van der Waals surface area contributed by atoms with Crippen molar-refractivity contribution < 1.29 is 9.94 Å². The molecule has 0 aliphatic rings. The molecule has 0 heterocycles. The van der Waals surface area contributed by atoms with E-state index in [1.54, 1.807) is 0 Å². The molecule has 0 aliphatic carbocycles. The van der Waals surface area contributed by atoms with Gasteiger partial charge in [-0.2, -0.15) is 0 Å². The van der Waals surface area contributed by atoms with Crippen LogP contribution in [0.25, 0.3) is 0 Å². The topological polar surface area (TPSA) is 41.8 Å². The lowest BCUT2D eigenvalue weighted by atomic mass is 10.2. The van der Waals surface area contributed by atoms with Crippen molar-refractivity contribution >= 4 is 5.90 Å². The van der Waals surface area contributed by atoms with Crippen LogP contribution in [-0.4, -0.2) is 11.1 Å². The van der Waals surface area contributed by atoms with Crippen molar-refractivity contribution in [2.45, 2.75) is 6.61 Å². The van der Waals surface area contributed by atoms with E-state index < -0.39 is 0 Å². The van der Waals surface area contributed by atoms with Crippen molar-refractivity contribution in [3.05, 3.63) is 71.8 Å². The summed E-state index contributed by atoms with van der Waals surface area (Å²) in [4.78, 5) is 0. The van der Waals surface area contributed by atoms with Crippen LogP contribution in [0.15, 0.2) is 65.8 Å². The zero-order valence-corrected chi connectivity index (χ0v) is 9.28. The summed E-state index contributed by atoms with van der Waals surface area (Å²) in [5.41, 5.74) is 1.79. The van der Waals surface area contributed by atoms with Crippen LogP contribution < -0.4 is 0 Å². The predicted molar refractivity (Wildman–Crippen MR) is 66.0 cm³/mol. The average Bonchev–Trinajstić information content (AvgIpc) is 2.42. The molecule has 2 rings (SSSR count). The van der Waals surface area contributed by atoms with Crippen molar-refractivity contribution in [2.24, 2.45) is 5.16 Å². The number of rotatable bonds is 3. The van der Waals surface area contributed by atoms with E-state index in [0.717, 1.165) is 11.1 Å². The molecule has 0 bridgehead atoms. The normalized spacial score (nSPS) is 11.2. The lowest BCUT2D eigenvalue weighted by molar-refractivity contribution is 0.248. The highest BCUT2D eigenvalue weighted by Crippen LogP contribution is 2.06. The smallest absolute Gasteiger partial charge is 0.257 e. The Morgan fingerprint density at radius 2 is 1.53 bits per heavy atom. The maximum Gasteiger partial charge on any atom is 0.257 e. The molecule has 0 spiro atoms. The predicted octanol–water partition coefficient (Wildman–Crippen LogP) is 3.04. The van der Waals surface area contributed by atoms with Gasteiger partial charge in [-0.25, -0.2) is 0 Å². The van der Waals surface area contributed by atoms with Gasteiger partial charge < -0.3 is 9.94 Å². The first-order valence-corrected chi connectivity index (χ1v) is 5.34. The molecule has 0 atom stereocenters. The molecule has 3 heteroatoms. The fourth-order valence-corrected chi connectivity index (χ4v) is 1.48. The van der Waals surface area contributed by atoms with E-state index in [1.807, 2.05) is 60.7 Å². The lowest BCUT2D eigenvalue weighted by Crippen LogP contribution is -2.06. The Balaban J connectivity index is 2.03. The molecule has 0 saturated heterocycles. The van der Waals surface area contributed by atoms with Crippen LogP contribution in [0.4, 0.5) is 0 Å². The molecule has 0 aromatic heterocycles. The summed E-state index contributed by atoms with van der Waals surface area (Å²) >= 11 is 0. The molecule has 2 aromatic rings. The fourth-order valence-electron chi connectivity index (χ4n) is 1.48. The molecule has 17 heavy (non-hydrogen) atoms. The van der Waals surface area contributed by atoms with Crippen LogP contribution in [0.1, 0.15) is 11.1 Å². The summed E-state index contributed by atoms with van der Waals surface area (Å²) in [6.45, 7) is 0.384. The van der Waals surface area contributed by atoms with Crippen LogP contribution in [-0.2, 0) is 11.3 Å². The maximum atomic E-state index is 8.92. The van der Waals surface area contributed by atoms with E-state index in [1.165, 1.54) is 0 Å². The van der Waals surface area contributed by atoms with Crippen LogP contribution in [0.5, 0.6) is 0 Å². The van der Waals surface area contributed by atoms with E-state index in [2.05, 4.69) is 5.16 Å². The van der Waals surface area contributed by atoms with E-state index >= 15 is 0 Å². The molecule has 0 radical (unpaired) electrons. The van der Waals surface area contributed by atoms with E-state index in [0.29, 0.717) is 6.61 Å².